The van der Waals surface area contributed by atoms with Crippen LogP contribution in [0.5, 0.6) is 17.2 Å². The fourth-order valence-corrected chi connectivity index (χ4v) is 11.7. The van der Waals surface area contributed by atoms with E-state index in [0.29, 0.717) is 35.0 Å². The van der Waals surface area contributed by atoms with Crippen molar-refractivity contribution in [1.29, 1.82) is 0 Å². The highest BCUT2D eigenvalue weighted by atomic mass is 32.2. The molecule has 0 bridgehead atoms. The first-order valence-electron chi connectivity index (χ1n) is 17.7. The molecule has 1 heterocycles. The molecule has 10 atom stereocenters. The maximum absolute atomic E-state index is 16.0. The van der Waals surface area contributed by atoms with E-state index in [0.717, 1.165) is 5.56 Å². The number of carboxylic acids is 1. The van der Waals surface area contributed by atoms with E-state index in [2.05, 4.69) is 0 Å². The maximum atomic E-state index is 16.0. The van der Waals surface area contributed by atoms with Gasteiger partial charge in [-0.15, -0.1) is 11.8 Å². The van der Waals surface area contributed by atoms with Crippen LogP contribution in [0.3, 0.4) is 0 Å². The third-order valence-corrected chi connectivity index (χ3v) is 14.2. The van der Waals surface area contributed by atoms with Gasteiger partial charge < -0.3 is 33.9 Å². The van der Waals surface area contributed by atoms with E-state index in [1.165, 1.54) is 23.9 Å². The molecule has 12 heteroatoms. The minimum Gasteiger partial charge on any atom is -0.496 e. The molecule has 5 aliphatic rings. The number of rotatable bonds is 12. The molecule has 51 heavy (non-hydrogen) atoms. The number of halogens is 1. The number of carbonyl (C=O) groups is 3. The second-order valence-electron chi connectivity index (χ2n) is 16.1. The van der Waals surface area contributed by atoms with Crippen molar-refractivity contribution in [1.82, 2.24) is 0 Å². The smallest absolute Gasteiger partial charge is 0.304 e. The summed E-state index contributed by atoms with van der Waals surface area (Å²) in [6.07, 6.45) is 2.60. The first-order chi connectivity index (χ1) is 23.9. The third-order valence-electron chi connectivity index (χ3n) is 12.7. The van der Waals surface area contributed by atoms with Crippen LogP contribution in [-0.4, -0.2) is 83.6 Å². The van der Waals surface area contributed by atoms with Crippen LogP contribution in [0.1, 0.15) is 78.7 Å². The van der Waals surface area contributed by atoms with Gasteiger partial charge in [0.05, 0.1) is 40.0 Å². The molecule has 1 aromatic carbocycles. The zero-order valence-corrected chi connectivity index (χ0v) is 31.6. The average molecular weight is 731 g/mol. The fraction of sp³-hybridized carbons (Fsp3) is 0.667. The Morgan fingerprint density at radius 2 is 1.75 bits per heavy atom. The number of fused-ring (bicyclic) bond motifs is 7. The van der Waals surface area contributed by atoms with Crippen LogP contribution in [0.15, 0.2) is 35.9 Å². The first kappa shape index (κ1) is 37.8. The van der Waals surface area contributed by atoms with Gasteiger partial charge in [-0.2, -0.15) is 0 Å². The molecule has 0 radical (unpaired) electrons. The van der Waals surface area contributed by atoms with Crippen LogP contribution in [-0.2, 0) is 29.6 Å². The Hall–Kier alpha value is -2.93. The molecule has 1 aliphatic heterocycles. The molecule has 2 unspecified atom stereocenters. The molecule has 1 aromatic rings. The summed E-state index contributed by atoms with van der Waals surface area (Å²) >= 11 is 1.41. The Morgan fingerprint density at radius 1 is 1.08 bits per heavy atom. The number of carbonyl (C=O) groups excluding carboxylic acids is 2. The standard InChI is InChI=1S/C39H51FO10S/c1-35(2)49-32-17-25-23-16-27(40)26-13-21(41)9-12-37(26,4)34(23)28(42)18-38(25,5)39(32,50-35)31(43)10-11-36(3,19-33(44)45)51-20-24-29(47-7)14-22(46-6)15-30(24)48-8/h9,12-15,23,25,27-28,32,34,42H,10-11,16-20H2,1-8H3,(H,44,45)/t23-,25-,27-,28-,32?,34+,36?,37-,38-,39+/m0/s1. The largest absolute Gasteiger partial charge is 0.496 e. The van der Waals surface area contributed by atoms with Crippen LogP contribution in [0.4, 0.5) is 4.39 Å². The zero-order chi connectivity index (χ0) is 37.3. The highest BCUT2D eigenvalue weighted by Gasteiger charge is 2.77. The number of aliphatic carboxylic acids is 1. The van der Waals surface area contributed by atoms with Crippen molar-refractivity contribution in [3.05, 3.63) is 41.5 Å². The number of alkyl halides is 1. The fourth-order valence-electron chi connectivity index (χ4n) is 10.5. The van der Waals surface area contributed by atoms with Gasteiger partial charge in [0.2, 0.25) is 0 Å². The number of hydrogen-bond acceptors (Lipinski definition) is 10. The molecule has 2 N–H and O–H groups in total. The Balaban J connectivity index is 1.29. The Morgan fingerprint density at radius 3 is 2.35 bits per heavy atom. The Bertz CT molecular complexity index is 1630. The van der Waals surface area contributed by atoms with Gasteiger partial charge >= 0.3 is 5.97 Å². The van der Waals surface area contributed by atoms with E-state index < -0.39 is 51.3 Å². The summed E-state index contributed by atoms with van der Waals surface area (Å²) in [5.74, 6) is -1.38. The van der Waals surface area contributed by atoms with Crippen LogP contribution < -0.4 is 14.2 Å². The molecule has 4 fully saturated rings. The molecule has 6 rings (SSSR count). The monoisotopic (exact) mass is 730 g/mol. The van der Waals surface area contributed by atoms with Gasteiger partial charge in [0.25, 0.3) is 0 Å². The number of benzene rings is 1. The quantitative estimate of drug-likeness (QED) is 0.252. The molecule has 0 spiro atoms. The van der Waals surface area contributed by atoms with Crippen molar-refractivity contribution >= 4 is 29.3 Å². The number of ether oxygens (including phenoxy) is 5. The maximum Gasteiger partial charge on any atom is 0.304 e. The second-order valence-corrected chi connectivity index (χ2v) is 17.7. The van der Waals surface area contributed by atoms with E-state index in [-0.39, 0.29) is 61.4 Å². The van der Waals surface area contributed by atoms with Gasteiger partial charge in [-0.3, -0.25) is 14.4 Å². The highest BCUT2D eigenvalue weighted by Crippen LogP contribution is 2.70. The number of Topliss-reactive ketones (excluding diaryl/α,β-unsaturated/α-hetero) is 1. The molecular weight excluding hydrogens is 679 g/mol. The molecular formula is C39H51FO10S. The Labute approximate surface area is 303 Å². The summed E-state index contributed by atoms with van der Waals surface area (Å²) < 4.78 is 45.0. The predicted molar refractivity (Wildman–Crippen MR) is 189 cm³/mol. The van der Waals surface area contributed by atoms with Crippen LogP contribution >= 0.6 is 11.8 Å². The average Bonchev–Trinajstić information content (AvgIpc) is 3.47. The number of thioether (sulfide) groups is 1. The van der Waals surface area contributed by atoms with Crippen molar-refractivity contribution < 1.29 is 52.7 Å². The number of hydrogen-bond donors (Lipinski definition) is 2. The minimum absolute atomic E-state index is 0.0112. The lowest BCUT2D eigenvalue weighted by Crippen LogP contribution is -2.64. The molecule has 10 nitrogen and oxygen atoms in total. The first-order valence-corrected chi connectivity index (χ1v) is 18.7. The van der Waals surface area contributed by atoms with Crippen molar-refractivity contribution in [2.45, 2.75) is 113 Å². The van der Waals surface area contributed by atoms with E-state index >= 15 is 4.39 Å². The summed E-state index contributed by atoms with van der Waals surface area (Å²) in [4.78, 5) is 39.4. The van der Waals surface area contributed by atoms with Gasteiger partial charge in [-0.05, 0) is 76.0 Å². The zero-order valence-electron chi connectivity index (χ0n) is 30.7. The van der Waals surface area contributed by atoms with E-state index in [4.69, 9.17) is 23.7 Å². The lowest BCUT2D eigenvalue weighted by molar-refractivity contribution is -0.226. The van der Waals surface area contributed by atoms with Gasteiger partial charge in [0, 0.05) is 51.4 Å². The van der Waals surface area contributed by atoms with E-state index in [1.807, 2.05) is 20.8 Å². The molecule has 4 aliphatic carbocycles. The predicted octanol–water partition coefficient (Wildman–Crippen LogP) is 6.26. The summed E-state index contributed by atoms with van der Waals surface area (Å²) in [6, 6.07) is 3.49. The topological polar surface area (TPSA) is 138 Å². The summed E-state index contributed by atoms with van der Waals surface area (Å²) in [6.45, 7) is 9.29. The van der Waals surface area contributed by atoms with Gasteiger partial charge in [0.1, 0.15) is 23.4 Å². The lowest BCUT2D eigenvalue weighted by atomic mass is 9.45. The van der Waals surface area contributed by atoms with Crippen LogP contribution in [0.2, 0.25) is 0 Å². The Kier molecular flexibility index (Phi) is 9.77. The SMILES string of the molecule is COc1cc(OC)c(CSC(C)(CCC(=O)[C@@]23OC(C)(C)OC2C[C@H]2[C@@H]4C[C@H](F)C5=CC(=O)C=C[C@]5(C)[C@H]4[C@@H](O)C[C@@]23C)CC(=O)O)c(OC)c1. The minimum atomic E-state index is -1.43. The normalized spacial score (nSPS) is 37.3. The number of aliphatic hydroxyl groups is 1. The van der Waals surface area contributed by atoms with E-state index in [9.17, 15) is 24.6 Å². The molecule has 0 amide bonds. The van der Waals surface area contributed by atoms with Crippen molar-refractivity contribution in [2.75, 3.05) is 21.3 Å². The number of aliphatic hydroxyl groups excluding tert-OH is 1. The third kappa shape index (κ3) is 6.11. The number of allylic oxidation sites excluding steroid dienone is 4. The van der Waals surface area contributed by atoms with Crippen molar-refractivity contribution in [3.8, 4) is 17.2 Å². The van der Waals surface area contributed by atoms with Crippen LogP contribution in [0.25, 0.3) is 0 Å². The van der Waals surface area contributed by atoms with E-state index in [1.54, 1.807) is 53.4 Å². The summed E-state index contributed by atoms with van der Waals surface area (Å²) in [5, 5.41) is 22.0. The van der Waals surface area contributed by atoms with Gasteiger partial charge in [-0.25, -0.2) is 4.39 Å². The summed E-state index contributed by atoms with van der Waals surface area (Å²) in [7, 11) is 4.63. The molecule has 0 aromatic heterocycles. The summed E-state index contributed by atoms with van der Waals surface area (Å²) in [5.41, 5.74) is -2.00. The number of ketones is 2. The molecule has 3 saturated carbocycles. The van der Waals surface area contributed by atoms with Crippen molar-refractivity contribution in [3.63, 3.8) is 0 Å². The van der Waals surface area contributed by atoms with Gasteiger partial charge in [0.15, 0.2) is 23.0 Å². The van der Waals surface area contributed by atoms with Gasteiger partial charge in [-0.1, -0.05) is 19.9 Å². The molecule has 280 valence electrons. The molecule has 1 saturated heterocycles. The second kappa shape index (κ2) is 13.2. The van der Waals surface area contributed by atoms with Crippen molar-refractivity contribution in [2.24, 2.45) is 28.6 Å². The number of methoxy groups -OCH3 is 3. The highest BCUT2D eigenvalue weighted by molar-refractivity contribution is 7.99. The lowest BCUT2D eigenvalue weighted by Gasteiger charge is -2.60. The van der Waals surface area contributed by atoms with Crippen LogP contribution in [0, 0.1) is 28.6 Å². The number of carboxylic acid groups (broad SMARTS) is 1.